The number of rotatable bonds is 2. The van der Waals surface area contributed by atoms with Crippen molar-refractivity contribution in [1.29, 1.82) is 0 Å². The molecule has 1 saturated carbocycles. The fourth-order valence-electron chi connectivity index (χ4n) is 4.08. The molecule has 3 atom stereocenters. The van der Waals surface area contributed by atoms with E-state index in [9.17, 15) is 4.89 Å². The standard InChI is InChI=1S/C16H25N2OP/c1-13(14-9-5-4-6-10-14)20(19)17(2)15-11-7-8-12-16(15)18(20)3/h4-6,9-10,13,15-16H,7-8,11-12H2,1-3H3/t13-,15-,16-/m1/s1. The Morgan fingerprint density at radius 1 is 1.05 bits per heavy atom. The molecule has 110 valence electrons. The fraction of sp³-hybridized carbons (Fsp3) is 0.625. The number of hydrogen-bond acceptors (Lipinski definition) is 3. The molecule has 0 aromatic heterocycles. The highest BCUT2D eigenvalue weighted by Crippen LogP contribution is 2.72. The maximum Gasteiger partial charge on any atom is 0.119 e. The third-order valence-corrected chi connectivity index (χ3v) is 9.05. The largest absolute Gasteiger partial charge is 0.650 e. The zero-order valence-corrected chi connectivity index (χ0v) is 13.6. The normalized spacial score (nSPS) is 32.0. The highest BCUT2D eigenvalue weighted by atomic mass is 31.2. The maximum atomic E-state index is 13.8. The predicted octanol–water partition coefficient (Wildman–Crippen LogP) is 3.06. The lowest BCUT2D eigenvalue weighted by atomic mass is 9.91. The average Bonchev–Trinajstić information content (AvgIpc) is 2.71. The second-order valence-corrected chi connectivity index (χ2v) is 9.46. The summed E-state index contributed by atoms with van der Waals surface area (Å²) in [7, 11) is 1.65. The van der Waals surface area contributed by atoms with Crippen molar-refractivity contribution in [3.63, 3.8) is 0 Å². The van der Waals surface area contributed by atoms with E-state index in [2.05, 4.69) is 42.5 Å². The van der Waals surface area contributed by atoms with Crippen molar-refractivity contribution in [2.24, 2.45) is 0 Å². The van der Waals surface area contributed by atoms with Gasteiger partial charge in [-0.15, -0.1) is 0 Å². The first-order chi connectivity index (χ1) is 9.56. The van der Waals surface area contributed by atoms with Gasteiger partial charge in [0.25, 0.3) is 0 Å². The second-order valence-electron chi connectivity index (χ2n) is 6.24. The van der Waals surface area contributed by atoms with E-state index in [1.165, 1.54) is 31.2 Å². The molecule has 0 bridgehead atoms. The molecular formula is C16H25N2OP. The van der Waals surface area contributed by atoms with Crippen molar-refractivity contribution >= 4 is 7.79 Å². The lowest BCUT2D eigenvalue weighted by Gasteiger charge is -2.42. The molecule has 0 N–H and O–H groups in total. The number of benzene rings is 1. The van der Waals surface area contributed by atoms with E-state index in [0.717, 1.165) is 0 Å². The van der Waals surface area contributed by atoms with Crippen molar-refractivity contribution in [2.45, 2.75) is 50.3 Å². The molecule has 1 aliphatic heterocycles. The number of likely N-dealkylation sites (N-methyl/N-ethyl adjacent to an activating group) is 2. The first-order valence-corrected chi connectivity index (χ1v) is 9.36. The van der Waals surface area contributed by atoms with Gasteiger partial charge in [-0.05, 0) is 25.3 Å². The van der Waals surface area contributed by atoms with Crippen molar-refractivity contribution in [3.8, 4) is 0 Å². The summed E-state index contributed by atoms with van der Waals surface area (Å²) in [6.07, 6.45) is 4.94. The number of hydrogen-bond donors (Lipinski definition) is 0. The SMILES string of the molecule is C[C@H](c1ccccc1)[P+]1([O-])N(C)[C@@H]2CCCC[C@H]2N1C. The van der Waals surface area contributed by atoms with E-state index >= 15 is 0 Å². The second kappa shape index (κ2) is 5.38. The Balaban J connectivity index is 1.94. The zero-order chi connectivity index (χ0) is 14.3. The van der Waals surface area contributed by atoms with E-state index < -0.39 is 7.79 Å². The van der Waals surface area contributed by atoms with Crippen LogP contribution in [-0.4, -0.2) is 35.5 Å². The average molecular weight is 292 g/mol. The molecule has 2 fully saturated rings. The predicted molar refractivity (Wildman–Crippen MR) is 83.3 cm³/mol. The summed E-state index contributed by atoms with van der Waals surface area (Å²) in [5, 5.41) is 0. The van der Waals surface area contributed by atoms with Crippen molar-refractivity contribution in [3.05, 3.63) is 35.9 Å². The molecule has 1 aromatic carbocycles. The molecule has 3 nitrogen and oxygen atoms in total. The lowest BCUT2D eigenvalue weighted by Crippen LogP contribution is -2.37. The van der Waals surface area contributed by atoms with Crippen molar-refractivity contribution < 1.29 is 4.89 Å². The Kier molecular flexibility index (Phi) is 3.89. The van der Waals surface area contributed by atoms with Gasteiger partial charge in [0.2, 0.25) is 0 Å². The van der Waals surface area contributed by atoms with Crippen LogP contribution in [0.15, 0.2) is 30.3 Å². The van der Waals surface area contributed by atoms with Gasteiger partial charge in [0.15, 0.2) is 0 Å². The third-order valence-electron chi connectivity index (χ3n) is 5.34. The van der Waals surface area contributed by atoms with Gasteiger partial charge in [0.1, 0.15) is 13.4 Å². The molecule has 1 heterocycles. The van der Waals surface area contributed by atoms with Crippen molar-refractivity contribution in [2.75, 3.05) is 14.1 Å². The molecule has 0 radical (unpaired) electrons. The minimum absolute atomic E-state index is 0.0734. The van der Waals surface area contributed by atoms with Gasteiger partial charge >= 0.3 is 0 Å². The highest BCUT2D eigenvalue weighted by molar-refractivity contribution is 7.64. The molecule has 0 amide bonds. The summed E-state index contributed by atoms with van der Waals surface area (Å²) >= 11 is 0. The van der Waals surface area contributed by atoms with Gasteiger partial charge in [-0.3, -0.25) is 0 Å². The first kappa shape index (κ1) is 14.5. The third kappa shape index (κ3) is 2.03. The quantitative estimate of drug-likeness (QED) is 0.785. The van der Waals surface area contributed by atoms with Gasteiger partial charge in [0, 0.05) is 14.1 Å². The molecule has 3 rings (SSSR count). The van der Waals surface area contributed by atoms with Crippen LogP contribution in [0.4, 0.5) is 0 Å². The summed E-state index contributed by atoms with van der Waals surface area (Å²) in [6.45, 7) is 2.13. The first-order valence-electron chi connectivity index (χ1n) is 7.68. The van der Waals surface area contributed by atoms with Crippen LogP contribution < -0.4 is 4.89 Å². The lowest BCUT2D eigenvalue weighted by molar-refractivity contribution is -0.191. The molecule has 1 saturated heterocycles. The Morgan fingerprint density at radius 2 is 1.55 bits per heavy atom. The smallest absolute Gasteiger partial charge is 0.119 e. The van der Waals surface area contributed by atoms with Gasteiger partial charge in [-0.1, -0.05) is 43.2 Å². The molecule has 4 heteroatoms. The fourth-order valence-corrected chi connectivity index (χ4v) is 7.57. The summed E-state index contributed by atoms with van der Waals surface area (Å²) in [6, 6.07) is 11.3. The molecule has 0 unspecified atom stereocenters. The Morgan fingerprint density at radius 3 is 2.05 bits per heavy atom. The number of nitrogens with zero attached hydrogens (tertiary/aromatic N) is 2. The minimum atomic E-state index is -2.50. The maximum absolute atomic E-state index is 13.8. The van der Waals surface area contributed by atoms with E-state index in [1.807, 2.05) is 18.2 Å². The van der Waals surface area contributed by atoms with E-state index in [-0.39, 0.29) is 5.66 Å². The van der Waals surface area contributed by atoms with Crippen LogP contribution >= 0.6 is 7.79 Å². The van der Waals surface area contributed by atoms with Crippen LogP contribution in [0.2, 0.25) is 0 Å². The van der Waals surface area contributed by atoms with Gasteiger partial charge < -0.3 is 4.89 Å². The Hall–Kier alpha value is -0.470. The Labute approximate surface area is 123 Å². The van der Waals surface area contributed by atoms with Crippen LogP contribution in [0.5, 0.6) is 0 Å². The highest BCUT2D eigenvalue weighted by Gasteiger charge is 2.58. The summed E-state index contributed by atoms with van der Waals surface area (Å²) in [5.41, 5.74) is 1.26. The monoisotopic (exact) mass is 292 g/mol. The van der Waals surface area contributed by atoms with Crippen LogP contribution in [0, 0.1) is 0 Å². The molecule has 1 aliphatic carbocycles. The summed E-state index contributed by atoms with van der Waals surface area (Å²) < 4.78 is 4.43. The summed E-state index contributed by atoms with van der Waals surface area (Å²) in [5.74, 6) is 0. The minimum Gasteiger partial charge on any atom is -0.650 e. The Bertz CT molecular complexity index is 449. The van der Waals surface area contributed by atoms with Crippen LogP contribution in [0.3, 0.4) is 0 Å². The van der Waals surface area contributed by atoms with E-state index in [0.29, 0.717) is 12.1 Å². The molecular weight excluding hydrogens is 267 g/mol. The molecule has 2 aliphatic rings. The van der Waals surface area contributed by atoms with E-state index in [4.69, 9.17) is 0 Å². The van der Waals surface area contributed by atoms with Gasteiger partial charge in [-0.2, -0.15) is 9.34 Å². The molecule has 0 spiro atoms. The van der Waals surface area contributed by atoms with E-state index in [1.54, 1.807) is 0 Å². The van der Waals surface area contributed by atoms with Gasteiger partial charge in [-0.25, -0.2) is 0 Å². The van der Waals surface area contributed by atoms with Crippen molar-refractivity contribution in [1.82, 2.24) is 9.34 Å². The zero-order valence-electron chi connectivity index (χ0n) is 12.7. The topological polar surface area (TPSA) is 29.5 Å². The molecule has 20 heavy (non-hydrogen) atoms. The molecule has 1 aromatic rings. The van der Waals surface area contributed by atoms with Crippen LogP contribution in [-0.2, 0) is 0 Å². The van der Waals surface area contributed by atoms with Crippen LogP contribution in [0.25, 0.3) is 0 Å². The summed E-state index contributed by atoms with van der Waals surface area (Å²) in [4.78, 5) is 13.8. The number of fused-ring (bicyclic) bond motifs is 1. The van der Waals surface area contributed by atoms with Crippen LogP contribution in [0.1, 0.15) is 43.8 Å². The van der Waals surface area contributed by atoms with Gasteiger partial charge in [0.05, 0.1) is 12.1 Å².